The van der Waals surface area contributed by atoms with Crippen LogP contribution in [-0.4, -0.2) is 21.0 Å². The second kappa shape index (κ2) is 5.24. The summed E-state index contributed by atoms with van der Waals surface area (Å²) < 4.78 is 0. The zero-order valence-corrected chi connectivity index (χ0v) is 11.2. The van der Waals surface area contributed by atoms with Crippen molar-refractivity contribution in [3.8, 4) is 0 Å². The third-order valence-corrected chi connectivity index (χ3v) is 2.76. The fourth-order valence-electron chi connectivity index (χ4n) is 1.65. The molecule has 5 nitrogen and oxygen atoms in total. The van der Waals surface area contributed by atoms with Gasteiger partial charge in [-0.2, -0.15) is 0 Å². The summed E-state index contributed by atoms with van der Waals surface area (Å²) in [6.45, 7) is 3.74. The number of aryl methyl sites for hydroxylation is 2. The highest BCUT2D eigenvalue weighted by Gasteiger charge is 2.08. The third kappa shape index (κ3) is 3.20. The molecule has 1 aromatic carbocycles. The summed E-state index contributed by atoms with van der Waals surface area (Å²) in [6.07, 6.45) is 0. The maximum Gasteiger partial charge on any atom is 0.335 e. The van der Waals surface area contributed by atoms with Crippen molar-refractivity contribution < 1.29 is 9.90 Å². The van der Waals surface area contributed by atoms with Crippen LogP contribution in [0.4, 0.5) is 11.6 Å². The van der Waals surface area contributed by atoms with E-state index in [4.69, 9.17) is 16.7 Å². The number of halogens is 1. The Morgan fingerprint density at radius 2 is 1.84 bits per heavy atom. The van der Waals surface area contributed by atoms with Gasteiger partial charge in [-0.3, -0.25) is 0 Å². The van der Waals surface area contributed by atoms with Gasteiger partial charge < -0.3 is 10.4 Å². The SMILES string of the molecule is Cc1cc(C)nc(Nc2ccc(C(=O)O)cc2Cl)n1. The molecule has 2 aromatic rings. The van der Waals surface area contributed by atoms with E-state index >= 15 is 0 Å². The fourth-order valence-corrected chi connectivity index (χ4v) is 1.88. The number of benzene rings is 1. The summed E-state index contributed by atoms with van der Waals surface area (Å²) in [5, 5.41) is 12.1. The molecule has 2 rings (SSSR count). The molecule has 0 radical (unpaired) electrons. The number of hydrogen-bond donors (Lipinski definition) is 2. The molecule has 98 valence electrons. The van der Waals surface area contributed by atoms with E-state index in [-0.39, 0.29) is 5.56 Å². The number of nitrogens with zero attached hydrogens (tertiary/aromatic N) is 2. The summed E-state index contributed by atoms with van der Waals surface area (Å²) in [5.41, 5.74) is 2.38. The molecule has 1 heterocycles. The Labute approximate surface area is 115 Å². The smallest absolute Gasteiger partial charge is 0.335 e. The fraction of sp³-hybridized carbons (Fsp3) is 0.154. The van der Waals surface area contributed by atoms with E-state index in [1.165, 1.54) is 12.1 Å². The minimum absolute atomic E-state index is 0.136. The van der Waals surface area contributed by atoms with Gasteiger partial charge in [-0.25, -0.2) is 14.8 Å². The highest BCUT2D eigenvalue weighted by atomic mass is 35.5. The largest absolute Gasteiger partial charge is 0.478 e. The van der Waals surface area contributed by atoms with Gasteiger partial charge in [-0.05, 0) is 38.1 Å². The van der Waals surface area contributed by atoms with Gasteiger partial charge in [0.25, 0.3) is 0 Å². The van der Waals surface area contributed by atoms with Gasteiger partial charge in [0.1, 0.15) is 0 Å². The number of anilines is 2. The van der Waals surface area contributed by atoms with Gasteiger partial charge in [0.15, 0.2) is 0 Å². The Hall–Kier alpha value is -2.14. The first kappa shape index (κ1) is 13.3. The molecule has 0 atom stereocenters. The maximum atomic E-state index is 10.8. The van der Waals surface area contributed by atoms with E-state index in [2.05, 4.69) is 15.3 Å². The van der Waals surface area contributed by atoms with Crippen LogP contribution in [0.3, 0.4) is 0 Å². The predicted octanol–water partition coefficient (Wildman–Crippen LogP) is 3.19. The van der Waals surface area contributed by atoms with Gasteiger partial charge in [0, 0.05) is 11.4 Å². The van der Waals surface area contributed by atoms with Gasteiger partial charge >= 0.3 is 5.97 Å². The number of carboxylic acid groups (broad SMARTS) is 1. The van der Waals surface area contributed by atoms with Crippen LogP contribution in [0.1, 0.15) is 21.7 Å². The molecule has 0 aliphatic carbocycles. The number of rotatable bonds is 3. The van der Waals surface area contributed by atoms with Crippen molar-refractivity contribution in [2.24, 2.45) is 0 Å². The number of carbonyl (C=O) groups is 1. The van der Waals surface area contributed by atoms with Crippen molar-refractivity contribution in [1.82, 2.24) is 9.97 Å². The highest BCUT2D eigenvalue weighted by Crippen LogP contribution is 2.25. The molecule has 6 heteroatoms. The Morgan fingerprint density at radius 1 is 1.21 bits per heavy atom. The molecule has 1 aromatic heterocycles. The summed E-state index contributed by atoms with van der Waals surface area (Å²) in [4.78, 5) is 19.3. The van der Waals surface area contributed by atoms with Crippen molar-refractivity contribution in [1.29, 1.82) is 0 Å². The molecular formula is C13H12ClN3O2. The summed E-state index contributed by atoms with van der Waals surface area (Å²) in [6, 6.07) is 6.31. The van der Waals surface area contributed by atoms with Crippen LogP contribution in [0.15, 0.2) is 24.3 Å². The van der Waals surface area contributed by atoms with E-state index in [0.717, 1.165) is 11.4 Å². The Balaban J connectivity index is 2.30. The lowest BCUT2D eigenvalue weighted by molar-refractivity contribution is 0.0697. The zero-order valence-electron chi connectivity index (χ0n) is 10.4. The molecule has 0 fully saturated rings. The zero-order chi connectivity index (χ0) is 14.0. The van der Waals surface area contributed by atoms with Crippen LogP contribution in [0.25, 0.3) is 0 Å². The van der Waals surface area contributed by atoms with Crippen LogP contribution in [0.5, 0.6) is 0 Å². The normalized spacial score (nSPS) is 10.3. The Bertz CT molecular complexity index is 624. The second-order valence-corrected chi connectivity index (χ2v) is 4.51. The molecule has 0 unspecified atom stereocenters. The summed E-state index contributed by atoms with van der Waals surface area (Å²) >= 11 is 6.02. The van der Waals surface area contributed by atoms with Gasteiger partial charge in [0.2, 0.25) is 5.95 Å². The standard InChI is InChI=1S/C13H12ClN3O2/c1-7-5-8(2)16-13(15-7)17-11-4-3-9(12(18)19)6-10(11)14/h3-6H,1-2H3,(H,18,19)(H,15,16,17). The predicted molar refractivity (Wildman–Crippen MR) is 73.2 cm³/mol. The minimum atomic E-state index is -1.02. The first-order chi connectivity index (χ1) is 8.95. The molecule has 0 saturated carbocycles. The Morgan fingerprint density at radius 3 is 2.37 bits per heavy atom. The minimum Gasteiger partial charge on any atom is -0.478 e. The van der Waals surface area contributed by atoms with Crippen molar-refractivity contribution in [3.05, 3.63) is 46.2 Å². The topological polar surface area (TPSA) is 75.1 Å². The first-order valence-corrected chi connectivity index (χ1v) is 5.95. The number of nitrogens with one attached hydrogen (secondary N) is 1. The van der Waals surface area contributed by atoms with E-state index < -0.39 is 5.97 Å². The Kier molecular flexibility index (Phi) is 3.66. The number of aromatic nitrogens is 2. The summed E-state index contributed by atoms with van der Waals surface area (Å²) in [7, 11) is 0. The molecule has 0 aliphatic rings. The third-order valence-electron chi connectivity index (χ3n) is 2.44. The van der Waals surface area contributed by atoms with Crippen molar-refractivity contribution in [2.45, 2.75) is 13.8 Å². The van der Waals surface area contributed by atoms with Crippen LogP contribution in [0, 0.1) is 13.8 Å². The van der Waals surface area contributed by atoms with E-state index in [1.807, 2.05) is 19.9 Å². The maximum absolute atomic E-state index is 10.8. The highest BCUT2D eigenvalue weighted by molar-refractivity contribution is 6.33. The second-order valence-electron chi connectivity index (χ2n) is 4.10. The van der Waals surface area contributed by atoms with Crippen molar-refractivity contribution in [2.75, 3.05) is 5.32 Å². The molecule has 0 amide bonds. The molecule has 2 N–H and O–H groups in total. The average Bonchev–Trinajstić information content (AvgIpc) is 2.30. The van der Waals surface area contributed by atoms with Crippen molar-refractivity contribution in [3.63, 3.8) is 0 Å². The number of aromatic carboxylic acids is 1. The van der Waals surface area contributed by atoms with Crippen LogP contribution < -0.4 is 5.32 Å². The average molecular weight is 278 g/mol. The van der Waals surface area contributed by atoms with Gasteiger partial charge in [0.05, 0.1) is 16.3 Å². The van der Waals surface area contributed by atoms with E-state index in [9.17, 15) is 4.79 Å². The van der Waals surface area contributed by atoms with Crippen molar-refractivity contribution >= 4 is 29.2 Å². The molecule has 0 bridgehead atoms. The van der Waals surface area contributed by atoms with Crippen LogP contribution in [0.2, 0.25) is 5.02 Å². The quantitative estimate of drug-likeness (QED) is 0.901. The summed E-state index contributed by atoms with van der Waals surface area (Å²) in [5.74, 6) is -0.585. The van der Waals surface area contributed by atoms with Crippen LogP contribution >= 0.6 is 11.6 Å². The monoisotopic (exact) mass is 277 g/mol. The number of carboxylic acids is 1. The van der Waals surface area contributed by atoms with Gasteiger partial charge in [-0.1, -0.05) is 11.6 Å². The van der Waals surface area contributed by atoms with Crippen LogP contribution in [-0.2, 0) is 0 Å². The lowest BCUT2D eigenvalue weighted by Crippen LogP contribution is -2.02. The number of hydrogen-bond acceptors (Lipinski definition) is 4. The molecule has 0 aliphatic heterocycles. The van der Waals surface area contributed by atoms with Gasteiger partial charge in [-0.15, -0.1) is 0 Å². The molecule has 0 saturated heterocycles. The lowest BCUT2D eigenvalue weighted by atomic mass is 10.2. The van der Waals surface area contributed by atoms with E-state index in [0.29, 0.717) is 16.7 Å². The van der Waals surface area contributed by atoms with E-state index in [1.54, 1.807) is 6.07 Å². The lowest BCUT2D eigenvalue weighted by Gasteiger charge is -2.08. The first-order valence-electron chi connectivity index (χ1n) is 5.58. The molecule has 19 heavy (non-hydrogen) atoms. The molecular weight excluding hydrogens is 266 g/mol. The molecule has 0 spiro atoms.